The Balaban J connectivity index is 5.15. The number of hydrogen-bond acceptors (Lipinski definition) is 8. The molecule has 1 N–H and O–H groups in total. The maximum atomic E-state index is 13.9. The van der Waals surface area contributed by atoms with Crippen molar-refractivity contribution in [3.63, 3.8) is 0 Å². The van der Waals surface area contributed by atoms with Crippen molar-refractivity contribution in [2.75, 3.05) is 33.7 Å². The Labute approximate surface area is 435 Å². The predicted molar refractivity (Wildman–Crippen MR) is 298 cm³/mol. The van der Waals surface area contributed by atoms with Crippen molar-refractivity contribution >= 4 is 18.0 Å². The largest absolute Gasteiger partial charge is 0.462 e. The SMILES string of the molecule is CCCCCCC(O)CCCN(CCCN(C)C)C(=O)OC(CCCCCCCCC(=O)OC(CCCCCC)CCCCCC)CCCCCCCCC(=O)OC(CCCCCC)CCCCCC. The molecule has 9 heteroatoms. The molecule has 0 aliphatic carbocycles. The van der Waals surface area contributed by atoms with Gasteiger partial charge in [0, 0.05) is 25.9 Å². The van der Waals surface area contributed by atoms with E-state index in [2.05, 4.69) is 53.6 Å². The Hall–Kier alpha value is -1.87. The molecule has 1 unspecified atom stereocenters. The minimum absolute atomic E-state index is 0.0139. The monoisotopic (exact) mass is 993 g/mol. The molecule has 0 aromatic rings. The Morgan fingerprint density at radius 1 is 0.343 bits per heavy atom. The zero-order valence-corrected chi connectivity index (χ0v) is 47.8. The third kappa shape index (κ3) is 46.0. The van der Waals surface area contributed by atoms with Crippen LogP contribution in [-0.2, 0) is 23.8 Å². The molecule has 0 radical (unpaired) electrons. The van der Waals surface area contributed by atoms with Crippen molar-refractivity contribution in [1.82, 2.24) is 9.80 Å². The molecule has 416 valence electrons. The van der Waals surface area contributed by atoms with Gasteiger partial charge >= 0.3 is 18.0 Å². The third-order valence-electron chi connectivity index (χ3n) is 14.3. The van der Waals surface area contributed by atoms with E-state index >= 15 is 0 Å². The van der Waals surface area contributed by atoms with E-state index in [0.717, 1.165) is 173 Å². The van der Waals surface area contributed by atoms with Gasteiger partial charge in [0.25, 0.3) is 0 Å². The van der Waals surface area contributed by atoms with Crippen LogP contribution in [0.4, 0.5) is 4.79 Å². The lowest BCUT2D eigenvalue weighted by Crippen LogP contribution is -2.37. The maximum absolute atomic E-state index is 13.9. The number of amides is 1. The molecule has 0 aromatic carbocycles. The van der Waals surface area contributed by atoms with Crippen molar-refractivity contribution < 1.29 is 33.7 Å². The first-order valence-electron chi connectivity index (χ1n) is 30.8. The summed E-state index contributed by atoms with van der Waals surface area (Å²) in [5.41, 5.74) is 0. The number of esters is 2. The van der Waals surface area contributed by atoms with Gasteiger partial charge in [-0.15, -0.1) is 0 Å². The second kappa shape index (κ2) is 52.0. The number of carbonyl (C=O) groups is 3. The van der Waals surface area contributed by atoms with Crippen LogP contribution in [-0.4, -0.2) is 91.1 Å². The highest BCUT2D eigenvalue weighted by atomic mass is 16.6. The van der Waals surface area contributed by atoms with E-state index < -0.39 is 0 Å². The van der Waals surface area contributed by atoms with Crippen LogP contribution < -0.4 is 0 Å². The number of nitrogens with zero attached hydrogens (tertiary/aromatic N) is 2. The lowest BCUT2D eigenvalue weighted by atomic mass is 10.0. The number of hydrogen-bond donors (Lipinski definition) is 1. The quantitative estimate of drug-likeness (QED) is 0.0365. The molecule has 0 fully saturated rings. The van der Waals surface area contributed by atoms with Crippen LogP contribution in [0.25, 0.3) is 0 Å². The Morgan fingerprint density at radius 3 is 0.986 bits per heavy atom. The average Bonchev–Trinajstić information content (AvgIpc) is 3.33. The minimum atomic E-state index is -0.308. The number of ether oxygens (including phenoxy) is 3. The van der Waals surface area contributed by atoms with Gasteiger partial charge in [0.15, 0.2) is 0 Å². The van der Waals surface area contributed by atoms with Crippen LogP contribution in [0.1, 0.15) is 317 Å². The van der Waals surface area contributed by atoms with Gasteiger partial charge in [-0.05, 0) is 136 Å². The highest BCUT2D eigenvalue weighted by molar-refractivity contribution is 5.70. The first-order valence-corrected chi connectivity index (χ1v) is 30.8. The van der Waals surface area contributed by atoms with Crippen LogP contribution in [0.15, 0.2) is 0 Å². The van der Waals surface area contributed by atoms with E-state index in [1.165, 1.54) is 96.3 Å². The molecular formula is C61H120N2O7. The lowest BCUT2D eigenvalue weighted by Gasteiger charge is -2.27. The van der Waals surface area contributed by atoms with Crippen LogP contribution in [0.3, 0.4) is 0 Å². The van der Waals surface area contributed by atoms with Crippen molar-refractivity contribution in [1.29, 1.82) is 0 Å². The van der Waals surface area contributed by atoms with Crippen LogP contribution >= 0.6 is 0 Å². The van der Waals surface area contributed by atoms with Crippen LogP contribution in [0.5, 0.6) is 0 Å². The third-order valence-corrected chi connectivity index (χ3v) is 14.3. The number of unbranched alkanes of at least 4 members (excludes halogenated alkanes) is 25. The molecule has 0 aromatic heterocycles. The fraction of sp³-hybridized carbons (Fsp3) is 0.951. The average molecular weight is 994 g/mol. The highest BCUT2D eigenvalue weighted by Crippen LogP contribution is 2.22. The Morgan fingerprint density at radius 2 is 0.629 bits per heavy atom. The smallest absolute Gasteiger partial charge is 0.410 e. The van der Waals surface area contributed by atoms with Gasteiger partial charge in [-0.2, -0.15) is 0 Å². The fourth-order valence-corrected chi connectivity index (χ4v) is 9.73. The summed E-state index contributed by atoms with van der Waals surface area (Å²) in [5, 5.41) is 10.7. The molecule has 1 amide bonds. The number of aliphatic hydroxyl groups is 1. The van der Waals surface area contributed by atoms with E-state index in [4.69, 9.17) is 14.2 Å². The molecule has 0 bridgehead atoms. The number of carbonyl (C=O) groups excluding carboxylic acids is 3. The van der Waals surface area contributed by atoms with E-state index in [-0.39, 0.29) is 42.4 Å². The van der Waals surface area contributed by atoms with Gasteiger partial charge in [0.2, 0.25) is 0 Å². The van der Waals surface area contributed by atoms with Crippen LogP contribution in [0.2, 0.25) is 0 Å². The van der Waals surface area contributed by atoms with Gasteiger partial charge in [-0.3, -0.25) is 9.59 Å². The topological polar surface area (TPSA) is 106 Å². The summed E-state index contributed by atoms with van der Waals surface area (Å²) in [6, 6.07) is 0. The van der Waals surface area contributed by atoms with Gasteiger partial charge in [-0.25, -0.2) is 4.79 Å². The molecular weight excluding hydrogens is 873 g/mol. The molecule has 9 nitrogen and oxygen atoms in total. The molecule has 1 atom stereocenters. The molecule has 0 aliphatic rings. The van der Waals surface area contributed by atoms with Crippen molar-refractivity contribution in [2.45, 2.75) is 342 Å². The van der Waals surface area contributed by atoms with E-state index in [9.17, 15) is 19.5 Å². The van der Waals surface area contributed by atoms with E-state index in [0.29, 0.717) is 32.4 Å². The normalized spacial score (nSPS) is 12.2. The summed E-state index contributed by atoms with van der Waals surface area (Å²) in [5.74, 6) is -0.0278. The van der Waals surface area contributed by atoms with Crippen molar-refractivity contribution in [2.24, 2.45) is 0 Å². The molecule has 0 saturated heterocycles. The van der Waals surface area contributed by atoms with Gasteiger partial charge < -0.3 is 29.1 Å². The summed E-state index contributed by atoms with van der Waals surface area (Å²) in [4.78, 5) is 43.6. The zero-order chi connectivity index (χ0) is 51.6. The zero-order valence-electron chi connectivity index (χ0n) is 47.8. The Kier molecular flexibility index (Phi) is 50.6. The van der Waals surface area contributed by atoms with E-state index in [1.54, 1.807) is 0 Å². The molecule has 0 aliphatic heterocycles. The predicted octanol–water partition coefficient (Wildman–Crippen LogP) is 17.8. The van der Waals surface area contributed by atoms with Crippen molar-refractivity contribution in [3.05, 3.63) is 0 Å². The molecule has 70 heavy (non-hydrogen) atoms. The molecule has 0 spiro atoms. The molecule has 0 heterocycles. The summed E-state index contributed by atoms with van der Waals surface area (Å²) in [6.07, 6.45) is 46.2. The van der Waals surface area contributed by atoms with Crippen LogP contribution in [0, 0.1) is 0 Å². The highest BCUT2D eigenvalue weighted by Gasteiger charge is 2.21. The first kappa shape index (κ1) is 68.1. The van der Waals surface area contributed by atoms with Gasteiger partial charge in [-0.1, -0.05) is 189 Å². The summed E-state index contributed by atoms with van der Waals surface area (Å²) >= 11 is 0. The van der Waals surface area contributed by atoms with Gasteiger partial charge in [0.05, 0.1) is 6.10 Å². The number of aliphatic hydroxyl groups excluding tert-OH is 1. The van der Waals surface area contributed by atoms with Gasteiger partial charge in [0.1, 0.15) is 18.3 Å². The first-order chi connectivity index (χ1) is 34.1. The summed E-state index contributed by atoms with van der Waals surface area (Å²) in [6.45, 7) is 13.3. The van der Waals surface area contributed by atoms with Crippen molar-refractivity contribution in [3.8, 4) is 0 Å². The lowest BCUT2D eigenvalue weighted by molar-refractivity contribution is -0.151. The standard InChI is InChI=1S/C61H120N2O7/c1-8-13-18-31-42-55(64)43-40-53-63(54-41-52-62(6)7)61(67)70-58(48-36-27-23-25-29-38-50-59(65)68-56(44-32-19-14-9-2)45-33-20-15-10-3)49-37-28-24-26-30-39-51-60(66)69-57(46-34-21-16-11-4)47-35-22-17-12-5/h55-58,64H,8-54H2,1-7H3. The second-order valence-electron chi connectivity index (χ2n) is 21.7. The Bertz CT molecular complexity index is 1050. The second-order valence-corrected chi connectivity index (χ2v) is 21.7. The summed E-state index contributed by atoms with van der Waals surface area (Å²) < 4.78 is 18.4. The summed E-state index contributed by atoms with van der Waals surface area (Å²) in [7, 11) is 4.14. The molecule has 0 rings (SSSR count). The fourth-order valence-electron chi connectivity index (χ4n) is 9.73. The molecule has 0 saturated carbocycles. The minimum Gasteiger partial charge on any atom is -0.462 e. The van der Waals surface area contributed by atoms with E-state index in [1.807, 2.05) is 4.90 Å². The maximum Gasteiger partial charge on any atom is 0.410 e. The number of rotatable bonds is 54.